The van der Waals surface area contributed by atoms with Gasteiger partial charge in [0, 0.05) is 38.3 Å². The molecule has 1 amide bonds. The molecule has 23 heavy (non-hydrogen) atoms. The van der Waals surface area contributed by atoms with E-state index in [-0.39, 0.29) is 22.9 Å². The van der Waals surface area contributed by atoms with E-state index < -0.39 is 10.0 Å². The molecule has 0 spiro atoms. The molecule has 0 aliphatic carbocycles. The van der Waals surface area contributed by atoms with Crippen LogP contribution in [0.15, 0.2) is 29.2 Å². The van der Waals surface area contributed by atoms with Gasteiger partial charge in [-0.15, -0.1) is 0 Å². The Kier molecular flexibility index (Phi) is 5.44. The average molecular weight is 339 g/mol. The standard InChI is InChI=1S/C16H25N3O3S/c1-12(17)15-9-4-5-10-19(15)23(21,22)14-8-6-7-13(11-14)16(20)18(2)3/h6-8,11-12,15H,4-5,9-10,17H2,1-3H3. The number of hydrogen-bond acceptors (Lipinski definition) is 4. The molecule has 0 aromatic heterocycles. The van der Waals surface area contributed by atoms with Gasteiger partial charge in [-0.1, -0.05) is 12.5 Å². The molecule has 0 radical (unpaired) electrons. The van der Waals surface area contributed by atoms with Crippen molar-refractivity contribution in [2.45, 2.75) is 43.2 Å². The predicted molar refractivity (Wildman–Crippen MR) is 89.6 cm³/mol. The van der Waals surface area contributed by atoms with Crippen LogP contribution in [0.3, 0.4) is 0 Å². The molecule has 1 aliphatic rings. The molecule has 2 N–H and O–H groups in total. The van der Waals surface area contributed by atoms with Crippen molar-refractivity contribution in [3.63, 3.8) is 0 Å². The quantitative estimate of drug-likeness (QED) is 0.895. The lowest BCUT2D eigenvalue weighted by molar-refractivity contribution is 0.0827. The summed E-state index contributed by atoms with van der Waals surface area (Å²) in [6, 6.07) is 5.80. The highest BCUT2D eigenvalue weighted by Gasteiger charge is 2.35. The highest BCUT2D eigenvalue weighted by molar-refractivity contribution is 7.89. The number of carbonyl (C=O) groups is 1. The Morgan fingerprint density at radius 3 is 2.65 bits per heavy atom. The number of piperidine rings is 1. The van der Waals surface area contributed by atoms with E-state index in [1.54, 1.807) is 26.2 Å². The molecular weight excluding hydrogens is 314 g/mol. The topological polar surface area (TPSA) is 83.7 Å². The van der Waals surface area contributed by atoms with E-state index in [1.165, 1.54) is 21.3 Å². The van der Waals surface area contributed by atoms with Gasteiger partial charge >= 0.3 is 0 Å². The summed E-state index contributed by atoms with van der Waals surface area (Å²) in [5.41, 5.74) is 6.35. The third-order valence-corrected chi connectivity index (χ3v) is 6.12. The maximum absolute atomic E-state index is 13.0. The minimum absolute atomic E-state index is 0.151. The van der Waals surface area contributed by atoms with E-state index in [0.717, 1.165) is 19.3 Å². The summed E-state index contributed by atoms with van der Waals surface area (Å²) in [5, 5.41) is 0. The van der Waals surface area contributed by atoms with Gasteiger partial charge < -0.3 is 10.6 Å². The number of hydrogen-bond donors (Lipinski definition) is 1. The average Bonchev–Trinajstić information content (AvgIpc) is 2.54. The number of amides is 1. The second-order valence-electron chi connectivity index (χ2n) is 6.27. The summed E-state index contributed by atoms with van der Waals surface area (Å²) in [6.45, 7) is 2.31. The van der Waals surface area contributed by atoms with E-state index in [0.29, 0.717) is 12.1 Å². The lowest BCUT2D eigenvalue weighted by atomic mass is 10.00. The fraction of sp³-hybridized carbons (Fsp3) is 0.562. The number of rotatable bonds is 4. The minimum Gasteiger partial charge on any atom is -0.345 e. The molecule has 2 rings (SSSR count). The summed E-state index contributed by atoms with van der Waals surface area (Å²) in [6.07, 6.45) is 2.59. The van der Waals surface area contributed by atoms with E-state index in [1.807, 2.05) is 6.92 Å². The summed E-state index contributed by atoms with van der Waals surface area (Å²) < 4.78 is 27.5. The highest BCUT2D eigenvalue weighted by Crippen LogP contribution is 2.27. The zero-order chi connectivity index (χ0) is 17.2. The van der Waals surface area contributed by atoms with Crippen LogP contribution in [0.4, 0.5) is 0 Å². The van der Waals surface area contributed by atoms with Gasteiger partial charge in [0.05, 0.1) is 4.90 Å². The number of nitrogens with two attached hydrogens (primary N) is 1. The van der Waals surface area contributed by atoms with Crippen molar-refractivity contribution >= 4 is 15.9 Å². The molecule has 7 heteroatoms. The van der Waals surface area contributed by atoms with Gasteiger partial charge in [0.2, 0.25) is 10.0 Å². The van der Waals surface area contributed by atoms with Crippen LogP contribution in [-0.4, -0.2) is 56.3 Å². The van der Waals surface area contributed by atoms with Crippen molar-refractivity contribution in [1.82, 2.24) is 9.21 Å². The largest absolute Gasteiger partial charge is 0.345 e. The van der Waals surface area contributed by atoms with Crippen molar-refractivity contribution in [3.8, 4) is 0 Å². The van der Waals surface area contributed by atoms with Crippen LogP contribution in [0.1, 0.15) is 36.5 Å². The lowest BCUT2D eigenvalue weighted by Crippen LogP contribution is -2.51. The number of nitrogens with zero attached hydrogens (tertiary/aromatic N) is 2. The molecule has 1 heterocycles. The Hall–Kier alpha value is -1.44. The molecule has 1 aromatic carbocycles. The van der Waals surface area contributed by atoms with Crippen molar-refractivity contribution < 1.29 is 13.2 Å². The molecule has 0 saturated carbocycles. The zero-order valence-electron chi connectivity index (χ0n) is 13.9. The van der Waals surface area contributed by atoms with E-state index in [2.05, 4.69) is 0 Å². The van der Waals surface area contributed by atoms with Gasteiger partial charge in [-0.2, -0.15) is 4.31 Å². The Labute approximate surface area is 138 Å². The van der Waals surface area contributed by atoms with E-state index >= 15 is 0 Å². The number of sulfonamides is 1. The van der Waals surface area contributed by atoms with Gasteiger partial charge in [0.1, 0.15) is 0 Å². The van der Waals surface area contributed by atoms with Crippen molar-refractivity contribution in [3.05, 3.63) is 29.8 Å². The monoisotopic (exact) mass is 339 g/mol. The molecule has 2 unspecified atom stereocenters. The Morgan fingerprint density at radius 2 is 2.04 bits per heavy atom. The van der Waals surface area contributed by atoms with Gasteiger partial charge in [0.25, 0.3) is 5.91 Å². The fourth-order valence-corrected chi connectivity index (χ4v) is 4.76. The molecule has 6 nitrogen and oxygen atoms in total. The van der Waals surface area contributed by atoms with Crippen LogP contribution in [0.25, 0.3) is 0 Å². The normalized spacial score (nSPS) is 21.0. The molecule has 128 valence electrons. The van der Waals surface area contributed by atoms with Gasteiger partial charge in [0.15, 0.2) is 0 Å². The first kappa shape index (κ1) is 17.9. The van der Waals surface area contributed by atoms with Crippen molar-refractivity contribution in [1.29, 1.82) is 0 Å². The summed E-state index contributed by atoms with van der Waals surface area (Å²) in [4.78, 5) is 13.6. The number of carbonyl (C=O) groups excluding carboxylic acids is 1. The first-order chi connectivity index (χ1) is 10.7. The van der Waals surface area contributed by atoms with Crippen LogP contribution >= 0.6 is 0 Å². The first-order valence-electron chi connectivity index (χ1n) is 7.84. The highest BCUT2D eigenvalue weighted by atomic mass is 32.2. The zero-order valence-corrected chi connectivity index (χ0v) is 14.7. The summed E-state index contributed by atoms with van der Waals surface area (Å²) in [5.74, 6) is -0.218. The van der Waals surface area contributed by atoms with Crippen LogP contribution in [0.5, 0.6) is 0 Å². The molecule has 2 atom stereocenters. The lowest BCUT2D eigenvalue weighted by Gasteiger charge is -2.36. The second-order valence-corrected chi connectivity index (χ2v) is 8.16. The molecule has 0 bridgehead atoms. The first-order valence-corrected chi connectivity index (χ1v) is 9.28. The van der Waals surface area contributed by atoms with Gasteiger partial charge in [-0.05, 0) is 38.0 Å². The second kappa shape index (κ2) is 6.98. The third-order valence-electron chi connectivity index (χ3n) is 4.20. The summed E-state index contributed by atoms with van der Waals surface area (Å²) in [7, 11) is -0.377. The van der Waals surface area contributed by atoms with Crippen LogP contribution in [0.2, 0.25) is 0 Å². The molecule has 1 aliphatic heterocycles. The van der Waals surface area contributed by atoms with E-state index in [4.69, 9.17) is 5.73 Å². The Bertz CT molecular complexity index is 671. The smallest absolute Gasteiger partial charge is 0.253 e. The Morgan fingerprint density at radius 1 is 1.35 bits per heavy atom. The van der Waals surface area contributed by atoms with Gasteiger partial charge in [-0.25, -0.2) is 8.42 Å². The fourth-order valence-electron chi connectivity index (χ4n) is 2.94. The van der Waals surface area contributed by atoms with Crippen molar-refractivity contribution in [2.24, 2.45) is 5.73 Å². The summed E-state index contributed by atoms with van der Waals surface area (Å²) >= 11 is 0. The van der Waals surface area contributed by atoms with E-state index in [9.17, 15) is 13.2 Å². The van der Waals surface area contributed by atoms with Crippen LogP contribution < -0.4 is 5.73 Å². The molecule has 1 saturated heterocycles. The molecule has 1 aromatic rings. The maximum Gasteiger partial charge on any atom is 0.253 e. The van der Waals surface area contributed by atoms with Crippen LogP contribution in [0, 0.1) is 0 Å². The van der Waals surface area contributed by atoms with Crippen molar-refractivity contribution in [2.75, 3.05) is 20.6 Å². The minimum atomic E-state index is -3.66. The SMILES string of the molecule is CC(N)C1CCCCN1S(=O)(=O)c1cccc(C(=O)N(C)C)c1. The predicted octanol–water partition coefficient (Wildman–Crippen LogP) is 1.28. The Balaban J connectivity index is 2.39. The van der Waals surface area contributed by atoms with Crippen LogP contribution in [-0.2, 0) is 10.0 Å². The third kappa shape index (κ3) is 3.73. The molecule has 1 fully saturated rings. The van der Waals surface area contributed by atoms with Gasteiger partial charge in [-0.3, -0.25) is 4.79 Å². The molecular formula is C16H25N3O3S. The maximum atomic E-state index is 13.0. The number of benzene rings is 1.